The SMILES string of the molecule is NCCCCCCC(=O)CCc1cccs1. The van der Waals surface area contributed by atoms with Gasteiger partial charge >= 0.3 is 0 Å². The van der Waals surface area contributed by atoms with Gasteiger partial charge in [-0.3, -0.25) is 4.79 Å². The molecule has 0 fully saturated rings. The van der Waals surface area contributed by atoms with Crippen molar-refractivity contribution in [3.8, 4) is 0 Å². The van der Waals surface area contributed by atoms with Crippen molar-refractivity contribution >= 4 is 17.1 Å². The number of thiophene rings is 1. The average Bonchev–Trinajstić information content (AvgIpc) is 2.79. The quantitative estimate of drug-likeness (QED) is 0.673. The van der Waals surface area contributed by atoms with Crippen molar-refractivity contribution in [1.29, 1.82) is 0 Å². The van der Waals surface area contributed by atoms with Crippen molar-refractivity contribution in [3.05, 3.63) is 22.4 Å². The first-order chi connectivity index (χ1) is 7.83. The van der Waals surface area contributed by atoms with Crippen molar-refractivity contribution < 1.29 is 4.79 Å². The van der Waals surface area contributed by atoms with Crippen molar-refractivity contribution in [3.63, 3.8) is 0 Å². The van der Waals surface area contributed by atoms with Crippen molar-refractivity contribution in [2.75, 3.05) is 6.54 Å². The molecular formula is C13H21NOS. The van der Waals surface area contributed by atoms with E-state index in [1.54, 1.807) is 11.3 Å². The Bertz CT molecular complexity index is 282. The fourth-order valence-corrected chi connectivity index (χ4v) is 2.37. The van der Waals surface area contributed by atoms with Gasteiger partial charge in [0.2, 0.25) is 0 Å². The molecule has 16 heavy (non-hydrogen) atoms. The molecule has 90 valence electrons. The molecule has 3 heteroatoms. The molecule has 0 saturated heterocycles. The maximum atomic E-state index is 11.6. The summed E-state index contributed by atoms with van der Waals surface area (Å²) in [6.07, 6.45) is 6.79. The van der Waals surface area contributed by atoms with Gasteiger partial charge in [0, 0.05) is 17.7 Å². The predicted octanol–water partition coefficient (Wildman–Crippen LogP) is 3.16. The van der Waals surface area contributed by atoms with Crippen molar-refractivity contribution in [2.45, 2.75) is 44.9 Å². The number of rotatable bonds is 9. The molecule has 0 radical (unpaired) electrons. The van der Waals surface area contributed by atoms with Gasteiger partial charge in [0.1, 0.15) is 5.78 Å². The minimum atomic E-state index is 0.404. The van der Waals surface area contributed by atoms with E-state index in [1.165, 1.54) is 4.88 Å². The number of hydrogen-bond acceptors (Lipinski definition) is 3. The van der Waals surface area contributed by atoms with Gasteiger partial charge in [0.15, 0.2) is 0 Å². The molecule has 0 unspecified atom stereocenters. The van der Waals surface area contributed by atoms with Gasteiger partial charge in [-0.2, -0.15) is 0 Å². The highest BCUT2D eigenvalue weighted by Gasteiger charge is 2.03. The average molecular weight is 239 g/mol. The number of unbranched alkanes of at least 4 members (excludes halogenated alkanes) is 3. The number of hydrogen-bond donors (Lipinski definition) is 1. The highest BCUT2D eigenvalue weighted by Crippen LogP contribution is 2.12. The lowest BCUT2D eigenvalue weighted by Gasteiger charge is -2.00. The molecule has 0 bridgehead atoms. The van der Waals surface area contributed by atoms with Crippen LogP contribution in [0.4, 0.5) is 0 Å². The Morgan fingerprint density at radius 3 is 2.69 bits per heavy atom. The molecule has 1 heterocycles. The molecule has 1 aromatic heterocycles. The Hall–Kier alpha value is -0.670. The Morgan fingerprint density at radius 1 is 1.19 bits per heavy atom. The van der Waals surface area contributed by atoms with Crippen LogP contribution < -0.4 is 5.73 Å². The first kappa shape index (κ1) is 13.4. The molecule has 0 aromatic carbocycles. The van der Waals surface area contributed by atoms with Crippen LogP contribution in [0.1, 0.15) is 43.4 Å². The minimum Gasteiger partial charge on any atom is -0.330 e. The normalized spacial score (nSPS) is 10.6. The summed E-state index contributed by atoms with van der Waals surface area (Å²) in [5, 5.41) is 2.06. The molecule has 0 aliphatic rings. The maximum absolute atomic E-state index is 11.6. The molecule has 0 amide bonds. The molecule has 1 aromatic rings. The number of nitrogens with two attached hydrogens (primary N) is 1. The van der Waals surface area contributed by atoms with Crippen LogP contribution in [-0.2, 0) is 11.2 Å². The van der Waals surface area contributed by atoms with Crippen LogP contribution in [0.2, 0.25) is 0 Å². The second kappa shape index (κ2) is 8.48. The van der Waals surface area contributed by atoms with Crippen molar-refractivity contribution in [2.24, 2.45) is 5.73 Å². The zero-order chi connectivity index (χ0) is 11.6. The van der Waals surface area contributed by atoms with Crippen LogP contribution in [0.15, 0.2) is 17.5 Å². The number of ketones is 1. The molecular weight excluding hydrogens is 218 g/mol. The summed E-state index contributed by atoms with van der Waals surface area (Å²) >= 11 is 1.73. The highest BCUT2D eigenvalue weighted by molar-refractivity contribution is 7.09. The van der Waals surface area contributed by atoms with Gasteiger partial charge in [-0.1, -0.05) is 18.9 Å². The maximum Gasteiger partial charge on any atom is 0.133 e. The molecule has 0 atom stereocenters. The van der Waals surface area contributed by atoms with Crippen LogP contribution in [0.25, 0.3) is 0 Å². The van der Waals surface area contributed by atoms with Crippen molar-refractivity contribution in [1.82, 2.24) is 0 Å². The topological polar surface area (TPSA) is 43.1 Å². The third-order valence-corrected chi connectivity index (χ3v) is 3.58. The zero-order valence-corrected chi connectivity index (χ0v) is 10.6. The van der Waals surface area contributed by atoms with Gasteiger partial charge in [0.05, 0.1) is 0 Å². The largest absolute Gasteiger partial charge is 0.330 e. The van der Waals surface area contributed by atoms with Crippen LogP contribution in [-0.4, -0.2) is 12.3 Å². The van der Waals surface area contributed by atoms with E-state index in [-0.39, 0.29) is 0 Å². The number of aryl methyl sites for hydroxylation is 1. The number of carbonyl (C=O) groups excluding carboxylic acids is 1. The van der Waals surface area contributed by atoms with Crippen LogP contribution in [0, 0.1) is 0 Å². The zero-order valence-electron chi connectivity index (χ0n) is 9.78. The molecule has 1 rings (SSSR count). The Balaban J connectivity index is 1.99. The van der Waals surface area contributed by atoms with Gasteiger partial charge in [-0.25, -0.2) is 0 Å². The smallest absolute Gasteiger partial charge is 0.133 e. The lowest BCUT2D eigenvalue weighted by Crippen LogP contribution is -2.00. The lowest BCUT2D eigenvalue weighted by atomic mass is 10.1. The van der Waals surface area contributed by atoms with E-state index >= 15 is 0 Å². The van der Waals surface area contributed by atoms with E-state index in [4.69, 9.17) is 5.73 Å². The fraction of sp³-hybridized carbons (Fsp3) is 0.615. The minimum absolute atomic E-state index is 0.404. The molecule has 0 spiro atoms. The van der Waals surface area contributed by atoms with E-state index in [0.29, 0.717) is 12.2 Å². The van der Waals surface area contributed by atoms with Crippen LogP contribution >= 0.6 is 11.3 Å². The summed E-state index contributed by atoms with van der Waals surface area (Å²) in [7, 11) is 0. The summed E-state index contributed by atoms with van der Waals surface area (Å²) < 4.78 is 0. The second-order valence-corrected chi connectivity index (χ2v) is 5.10. The molecule has 2 nitrogen and oxygen atoms in total. The highest BCUT2D eigenvalue weighted by atomic mass is 32.1. The van der Waals surface area contributed by atoms with Gasteiger partial charge in [0.25, 0.3) is 0 Å². The monoisotopic (exact) mass is 239 g/mol. The fourth-order valence-electron chi connectivity index (χ4n) is 1.66. The third kappa shape index (κ3) is 6.03. The number of Topliss-reactive ketones (excluding diaryl/α,β-unsaturated/α-hetero) is 1. The first-order valence-corrected chi connectivity index (χ1v) is 6.95. The van der Waals surface area contributed by atoms with Gasteiger partial charge < -0.3 is 5.73 Å². The van der Waals surface area contributed by atoms with Crippen LogP contribution in [0.5, 0.6) is 0 Å². The molecule has 0 saturated carbocycles. The second-order valence-electron chi connectivity index (χ2n) is 4.07. The molecule has 2 N–H and O–H groups in total. The Labute approximate surface area is 102 Å². The van der Waals surface area contributed by atoms with Crippen LogP contribution in [0.3, 0.4) is 0 Å². The summed E-state index contributed by atoms with van der Waals surface area (Å²) in [5.41, 5.74) is 5.41. The van der Waals surface area contributed by atoms with E-state index < -0.39 is 0 Å². The summed E-state index contributed by atoms with van der Waals surface area (Å²) in [4.78, 5) is 12.9. The summed E-state index contributed by atoms with van der Waals surface area (Å²) in [6, 6.07) is 4.14. The molecule has 0 aliphatic heterocycles. The van der Waals surface area contributed by atoms with E-state index in [9.17, 15) is 4.79 Å². The lowest BCUT2D eigenvalue weighted by molar-refractivity contribution is -0.119. The van der Waals surface area contributed by atoms with Gasteiger partial charge in [-0.15, -0.1) is 11.3 Å². The third-order valence-electron chi connectivity index (χ3n) is 2.64. The summed E-state index contributed by atoms with van der Waals surface area (Å²) in [5.74, 6) is 0.404. The first-order valence-electron chi connectivity index (χ1n) is 6.07. The van der Waals surface area contributed by atoms with E-state index in [2.05, 4.69) is 11.4 Å². The standard InChI is InChI=1S/C13H21NOS/c14-10-4-2-1-3-6-12(15)8-9-13-7-5-11-16-13/h5,7,11H,1-4,6,8-10,14H2. The van der Waals surface area contributed by atoms with E-state index in [1.807, 2.05) is 6.07 Å². The van der Waals surface area contributed by atoms with Gasteiger partial charge in [-0.05, 0) is 37.3 Å². The number of carbonyl (C=O) groups is 1. The Kier molecular flexibility index (Phi) is 7.10. The molecule has 0 aliphatic carbocycles. The van der Waals surface area contributed by atoms with E-state index in [0.717, 1.165) is 45.1 Å². The predicted molar refractivity (Wildman–Crippen MR) is 69.8 cm³/mol. The summed E-state index contributed by atoms with van der Waals surface area (Å²) in [6.45, 7) is 0.770. The Morgan fingerprint density at radius 2 is 2.00 bits per heavy atom.